The molecule has 2 N–H and O–H groups in total. The molecule has 0 heterocycles. The average molecular weight is 194 g/mol. The van der Waals surface area contributed by atoms with Gasteiger partial charge in [-0.2, -0.15) is 0 Å². The zero-order valence-corrected chi connectivity index (χ0v) is 6.11. The molecule has 0 fully saturated rings. The molecule has 0 saturated heterocycles. The van der Waals surface area contributed by atoms with E-state index in [-0.39, 0.29) is 27.7 Å². The third-order valence-corrected chi connectivity index (χ3v) is 1.37. The van der Waals surface area contributed by atoms with Gasteiger partial charge in [0, 0.05) is 0 Å². The highest BCUT2D eigenvalue weighted by molar-refractivity contribution is 5.77. The summed E-state index contributed by atoms with van der Waals surface area (Å²) in [5.74, 6) is -1.39. The van der Waals surface area contributed by atoms with Gasteiger partial charge in [-0.15, -0.1) is 0 Å². The number of carbonyl (C=O) groups is 2. The van der Waals surface area contributed by atoms with Crippen LogP contribution in [0.1, 0.15) is 28.2 Å². The van der Waals surface area contributed by atoms with Gasteiger partial charge in [0.1, 0.15) is 6.61 Å². The van der Waals surface area contributed by atoms with Crippen LogP contribution < -0.4 is 0 Å². The number of rotatable bonds is 5. The van der Waals surface area contributed by atoms with Gasteiger partial charge in [0.2, 0.25) is 0 Å². The maximum absolute atomic E-state index is 10.3. The maximum atomic E-state index is 10.3. The van der Waals surface area contributed by atoms with E-state index >= 15 is 0 Å². The minimum atomic E-state index is -1.94. The molecular formula is C8H18O5. The Kier molecular flexibility index (Phi) is 10.4. The highest BCUT2D eigenvalue weighted by Crippen LogP contribution is 2.09. The molecule has 0 radical (unpaired) electrons. The first-order valence-corrected chi connectivity index (χ1v) is 3.08. The van der Waals surface area contributed by atoms with E-state index < -0.39 is 18.2 Å². The SMILES string of the molecule is C.C.CCC(O)(COC=O)C(=O)O. The first-order valence-electron chi connectivity index (χ1n) is 3.08. The van der Waals surface area contributed by atoms with Crippen molar-refractivity contribution in [3.8, 4) is 0 Å². The van der Waals surface area contributed by atoms with Crippen LogP contribution in [0.2, 0.25) is 0 Å². The van der Waals surface area contributed by atoms with Gasteiger partial charge < -0.3 is 14.9 Å². The Labute approximate surface area is 78.3 Å². The molecule has 1 atom stereocenters. The fourth-order valence-corrected chi connectivity index (χ4v) is 0.487. The van der Waals surface area contributed by atoms with Crippen molar-refractivity contribution in [2.45, 2.75) is 33.8 Å². The summed E-state index contributed by atoms with van der Waals surface area (Å²) in [6.45, 7) is 1.08. The lowest BCUT2D eigenvalue weighted by Gasteiger charge is -2.19. The van der Waals surface area contributed by atoms with Gasteiger partial charge in [0.25, 0.3) is 6.47 Å². The summed E-state index contributed by atoms with van der Waals surface area (Å²) in [6, 6.07) is 0. The number of carboxylic acid groups (broad SMARTS) is 1. The van der Waals surface area contributed by atoms with E-state index in [4.69, 9.17) is 10.2 Å². The number of ether oxygens (including phenoxy) is 1. The predicted octanol–water partition coefficient (Wildman–Crippen LogP) is 0.657. The molecule has 0 bridgehead atoms. The molecular weight excluding hydrogens is 176 g/mol. The summed E-state index contributed by atoms with van der Waals surface area (Å²) < 4.78 is 4.14. The Hall–Kier alpha value is -1.10. The number of carboxylic acids is 1. The van der Waals surface area contributed by atoms with Gasteiger partial charge in [-0.05, 0) is 6.42 Å². The van der Waals surface area contributed by atoms with E-state index in [1.807, 2.05) is 0 Å². The van der Waals surface area contributed by atoms with Crippen LogP contribution in [0.15, 0.2) is 0 Å². The molecule has 0 saturated carbocycles. The van der Waals surface area contributed by atoms with Crippen molar-refractivity contribution >= 4 is 12.4 Å². The van der Waals surface area contributed by atoms with Crippen molar-refractivity contribution in [3.63, 3.8) is 0 Å². The van der Waals surface area contributed by atoms with Crippen LogP contribution in [0.3, 0.4) is 0 Å². The fourth-order valence-electron chi connectivity index (χ4n) is 0.487. The standard InChI is InChI=1S/C6H10O5.2CH4/c1-2-6(10,5(8)9)3-11-4-7;;/h4,10H,2-3H2,1H3,(H,8,9);2*1H4. The topological polar surface area (TPSA) is 83.8 Å². The van der Waals surface area contributed by atoms with Crippen molar-refractivity contribution in [2.75, 3.05) is 6.61 Å². The largest absolute Gasteiger partial charge is 0.479 e. The molecule has 0 aromatic carbocycles. The Balaban J connectivity index is -0.000000500. The zero-order chi connectivity index (χ0) is 8.91. The van der Waals surface area contributed by atoms with E-state index in [0.717, 1.165) is 0 Å². The summed E-state index contributed by atoms with van der Waals surface area (Å²) in [6.07, 6.45) is -0.00380. The van der Waals surface area contributed by atoms with Crippen molar-refractivity contribution in [1.82, 2.24) is 0 Å². The van der Waals surface area contributed by atoms with Crippen LogP contribution in [-0.2, 0) is 14.3 Å². The number of carbonyl (C=O) groups excluding carboxylic acids is 1. The molecule has 0 aliphatic rings. The fraction of sp³-hybridized carbons (Fsp3) is 0.750. The molecule has 5 heteroatoms. The lowest BCUT2D eigenvalue weighted by atomic mass is 10.0. The molecule has 0 amide bonds. The molecule has 80 valence electrons. The van der Waals surface area contributed by atoms with Crippen LogP contribution in [0.25, 0.3) is 0 Å². The molecule has 0 rings (SSSR count). The molecule has 5 nitrogen and oxygen atoms in total. The smallest absolute Gasteiger partial charge is 0.339 e. The molecule has 0 spiro atoms. The van der Waals surface area contributed by atoms with Crippen LogP contribution in [-0.4, -0.2) is 34.9 Å². The molecule has 13 heavy (non-hydrogen) atoms. The summed E-state index contributed by atoms with van der Waals surface area (Å²) in [5, 5.41) is 17.6. The van der Waals surface area contributed by atoms with Crippen LogP contribution in [0.5, 0.6) is 0 Å². The minimum absolute atomic E-state index is 0. The average Bonchev–Trinajstić information content (AvgIpc) is 2.00. The molecule has 0 aliphatic carbocycles. The molecule has 0 aromatic heterocycles. The summed E-state index contributed by atoms with van der Waals surface area (Å²) >= 11 is 0. The summed E-state index contributed by atoms with van der Waals surface area (Å²) in [7, 11) is 0. The second-order valence-electron chi connectivity index (χ2n) is 2.10. The van der Waals surface area contributed by atoms with Gasteiger partial charge in [0.15, 0.2) is 5.60 Å². The first-order chi connectivity index (χ1) is 5.06. The lowest BCUT2D eigenvalue weighted by Crippen LogP contribution is -2.42. The number of hydrogen-bond donors (Lipinski definition) is 2. The van der Waals surface area contributed by atoms with Gasteiger partial charge in [0.05, 0.1) is 0 Å². The predicted molar refractivity (Wildman–Crippen MR) is 48.4 cm³/mol. The minimum Gasteiger partial charge on any atom is -0.479 e. The Morgan fingerprint density at radius 2 is 2.00 bits per heavy atom. The van der Waals surface area contributed by atoms with E-state index in [1.54, 1.807) is 0 Å². The van der Waals surface area contributed by atoms with E-state index in [9.17, 15) is 9.59 Å². The first kappa shape index (κ1) is 17.8. The van der Waals surface area contributed by atoms with Gasteiger partial charge in [-0.3, -0.25) is 4.79 Å². The van der Waals surface area contributed by atoms with Crippen LogP contribution in [0, 0.1) is 0 Å². The van der Waals surface area contributed by atoms with Crippen molar-refractivity contribution in [1.29, 1.82) is 0 Å². The summed E-state index contributed by atoms with van der Waals surface area (Å²) in [5.41, 5.74) is -1.94. The lowest BCUT2D eigenvalue weighted by molar-refractivity contribution is -0.166. The third kappa shape index (κ3) is 5.19. The highest BCUT2D eigenvalue weighted by atomic mass is 16.5. The van der Waals surface area contributed by atoms with Gasteiger partial charge in [-0.25, -0.2) is 4.79 Å². The second kappa shape index (κ2) is 7.54. The number of aliphatic carboxylic acids is 1. The third-order valence-electron chi connectivity index (χ3n) is 1.37. The van der Waals surface area contributed by atoms with Crippen molar-refractivity contribution in [2.24, 2.45) is 0 Å². The number of hydrogen-bond acceptors (Lipinski definition) is 4. The van der Waals surface area contributed by atoms with Gasteiger partial charge in [-0.1, -0.05) is 21.8 Å². The second-order valence-corrected chi connectivity index (χ2v) is 2.10. The molecule has 1 unspecified atom stereocenters. The van der Waals surface area contributed by atoms with Crippen LogP contribution in [0.4, 0.5) is 0 Å². The number of aliphatic hydroxyl groups is 1. The van der Waals surface area contributed by atoms with E-state index in [2.05, 4.69) is 4.74 Å². The molecule has 0 aliphatic heterocycles. The highest BCUT2D eigenvalue weighted by Gasteiger charge is 2.34. The zero-order valence-electron chi connectivity index (χ0n) is 6.11. The quantitative estimate of drug-likeness (QED) is 0.628. The van der Waals surface area contributed by atoms with E-state index in [0.29, 0.717) is 0 Å². The van der Waals surface area contributed by atoms with Crippen molar-refractivity contribution < 1.29 is 24.5 Å². The maximum Gasteiger partial charge on any atom is 0.339 e. The molecule has 0 aromatic rings. The van der Waals surface area contributed by atoms with Crippen molar-refractivity contribution in [3.05, 3.63) is 0 Å². The Bertz CT molecular complexity index is 157. The normalized spacial score (nSPS) is 12.8. The summed E-state index contributed by atoms with van der Waals surface area (Å²) in [4.78, 5) is 20.0. The van der Waals surface area contributed by atoms with Gasteiger partial charge >= 0.3 is 5.97 Å². The monoisotopic (exact) mass is 194 g/mol. The Morgan fingerprint density at radius 3 is 2.23 bits per heavy atom. The Morgan fingerprint density at radius 1 is 1.54 bits per heavy atom. The van der Waals surface area contributed by atoms with Crippen LogP contribution >= 0.6 is 0 Å². The van der Waals surface area contributed by atoms with E-state index in [1.165, 1.54) is 6.92 Å².